The monoisotopic (exact) mass is 599 g/mol. The van der Waals surface area contributed by atoms with Crippen molar-refractivity contribution in [1.29, 1.82) is 0 Å². The van der Waals surface area contributed by atoms with Crippen molar-refractivity contribution in [3.63, 3.8) is 0 Å². The number of carbonyl (C=O) groups excluding carboxylic acids is 1. The largest absolute Gasteiger partial charge is 0.481 e. The molecule has 1 aromatic heterocycles. The Kier molecular flexibility index (Phi) is 9.11. The fraction of sp³-hybridized carbons (Fsp3) is 0.382. The number of carbonyl (C=O) groups is 2. The summed E-state index contributed by atoms with van der Waals surface area (Å²) in [5.41, 5.74) is 4.82. The van der Waals surface area contributed by atoms with E-state index in [1.54, 1.807) is 11.8 Å². The van der Waals surface area contributed by atoms with Crippen LogP contribution in [0.25, 0.3) is 11.1 Å². The van der Waals surface area contributed by atoms with Gasteiger partial charge < -0.3 is 19.6 Å². The van der Waals surface area contributed by atoms with E-state index in [1.807, 2.05) is 73.7 Å². The number of thioether (sulfide) groups is 1. The molecule has 1 saturated carbocycles. The first-order valence-electron chi connectivity index (χ1n) is 15.1. The lowest BCUT2D eigenvalue weighted by molar-refractivity contribution is -0.144. The average Bonchev–Trinajstić information content (AvgIpc) is 3.69. The van der Waals surface area contributed by atoms with Gasteiger partial charge in [0.25, 0.3) is 6.01 Å². The number of hydrogen-bond acceptors (Lipinski definition) is 8. The summed E-state index contributed by atoms with van der Waals surface area (Å²) < 4.78 is 12.5. The first-order valence-corrected chi connectivity index (χ1v) is 15.9. The minimum Gasteiger partial charge on any atom is -0.481 e. The number of nitrogens with zero attached hydrogens (tertiary/aromatic N) is 2. The molecule has 224 valence electrons. The Morgan fingerprint density at radius 1 is 1.05 bits per heavy atom. The number of aliphatic carboxylic acids is 1. The molecule has 0 bridgehead atoms. The number of carboxylic acids is 1. The third-order valence-electron chi connectivity index (χ3n) is 8.39. The van der Waals surface area contributed by atoms with E-state index in [-0.39, 0.29) is 29.8 Å². The van der Waals surface area contributed by atoms with Crippen molar-refractivity contribution in [2.75, 3.05) is 18.4 Å². The standard InChI is InChI=1S/C34H37N3O5S/c1-22-6-2-3-7-28(22)35-33-36-29-17-8-23(21-31(29)42-33)20-30(38)24-11-15-27(16-12-24)43-34(37-18-4-5-19-37)41-26-13-9-25(10-14-26)32(39)40/h2-3,6-8,11-12,15-17,21,25-26,34H,4-5,9-10,13-14,18-20H2,1H3,(H,35,36)(H,39,40). The van der Waals surface area contributed by atoms with E-state index in [0.29, 0.717) is 30.0 Å². The molecule has 2 fully saturated rings. The highest BCUT2D eigenvalue weighted by atomic mass is 32.2. The van der Waals surface area contributed by atoms with Gasteiger partial charge in [-0.3, -0.25) is 14.5 Å². The van der Waals surface area contributed by atoms with Crippen molar-refractivity contribution in [2.24, 2.45) is 5.92 Å². The second-order valence-corrected chi connectivity index (χ2v) is 12.6. The molecule has 4 aromatic rings. The number of nitrogens with one attached hydrogen (secondary N) is 1. The molecule has 2 heterocycles. The summed E-state index contributed by atoms with van der Waals surface area (Å²) in [4.78, 5) is 32.5. The maximum absolute atomic E-state index is 13.2. The first kappa shape index (κ1) is 29.4. The van der Waals surface area contributed by atoms with Crippen LogP contribution >= 0.6 is 11.8 Å². The van der Waals surface area contributed by atoms with Crippen molar-refractivity contribution in [2.45, 2.75) is 68.4 Å². The van der Waals surface area contributed by atoms with E-state index >= 15 is 0 Å². The minimum atomic E-state index is -0.697. The molecule has 1 aliphatic heterocycles. The number of anilines is 2. The number of oxazole rings is 1. The van der Waals surface area contributed by atoms with E-state index < -0.39 is 5.97 Å². The number of Topliss-reactive ketones (excluding diaryl/α,β-unsaturated/α-hetero) is 1. The first-order chi connectivity index (χ1) is 20.9. The zero-order valence-corrected chi connectivity index (χ0v) is 25.1. The molecule has 8 nitrogen and oxygen atoms in total. The normalized spacial score (nSPS) is 19.8. The van der Waals surface area contributed by atoms with Gasteiger partial charge in [0, 0.05) is 35.7 Å². The summed E-state index contributed by atoms with van der Waals surface area (Å²) in [6.07, 6.45) is 5.55. The maximum Gasteiger partial charge on any atom is 0.306 e. The predicted octanol–water partition coefficient (Wildman–Crippen LogP) is 7.44. The van der Waals surface area contributed by atoms with Gasteiger partial charge in [-0.05, 0) is 86.9 Å². The number of likely N-dealkylation sites (tertiary alicyclic amines) is 1. The molecule has 9 heteroatoms. The van der Waals surface area contributed by atoms with E-state index in [2.05, 4.69) is 15.2 Å². The highest BCUT2D eigenvalue weighted by molar-refractivity contribution is 7.99. The number of ketones is 1. The van der Waals surface area contributed by atoms with Crippen LogP contribution < -0.4 is 5.32 Å². The van der Waals surface area contributed by atoms with Crippen molar-refractivity contribution in [1.82, 2.24) is 9.88 Å². The predicted molar refractivity (Wildman–Crippen MR) is 168 cm³/mol. The van der Waals surface area contributed by atoms with Gasteiger partial charge in [-0.25, -0.2) is 0 Å². The summed E-state index contributed by atoms with van der Waals surface area (Å²) in [6.45, 7) is 4.02. The van der Waals surface area contributed by atoms with Gasteiger partial charge in [0.05, 0.1) is 12.0 Å². The van der Waals surface area contributed by atoms with Crippen molar-refractivity contribution in [3.05, 3.63) is 83.4 Å². The topological polar surface area (TPSA) is 105 Å². The SMILES string of the molecule is Cc1ccccc1Nc1nc2ccc(CC(=O)c3ccc(SC(OC4CCC(C(=O)O)CC4)N4CCCC4)cc3)cc2o1. The number of ether oxygens (including phenoxy) is 1. The molecule has 1 unspecified atom stereocenters. The van der Waals surface area contributed by atoms with Crippen LogP contribution in [0.5, 0.6) is 0 Å². The zero-order chi connectivity index (χ0) is 29.8. The fourth-order valence-electron chi connectivity index (χ4n) is 5.84. The third-order valence-corrected chi connectivity index (χ3v) is 9.54. The van der Waals surface area contributed by atoms with Crippen LogP contribution in [-0.4, -0.2) is 51.5 Å². The fourth-order valence-corrected chi connectivity index (χ4v) is 6.93. The lowest BCUT2D eigenvalue weighted by atomic mass is 9.87. The van der Waals surface area contributed by atoms with Gasteiger partial charge in [-0.15, -0.1) is 0 Å². The Labute approximate surface area is 255 Å². The van der Waals surface area contributed by atoms with Crippen LogP contribution in [0.15, 0.2) is 76.0 Å². The smallest absolute Gasteiger partial charge is 0.306 e. The third kappa shape index (κ3) is 7.29. The number of para-hydroxylation sites is 1. The molecule has 3 aromatic carbocycles. The quantitative estimate of drug-likeness (QED) is 0.103. The molecule has 1 saturated heterocycles. The molecule has 43 heavy (non-hydrogen) atoms. The molecule has 2 aliphatic rings. The zero-order valence-electron chi connectivity index (χ0n) is 24.3. The molecule has 0 radical (unpaired) electrons. The summed E-state index contributed by atoms with van der Waals surface area (Å²) in [7, 11) is 0. The number of hydrogen-bond donors (Lipinski definition) is 2. The second-order valence-electron chi connectivity index (χ2n) is 11.5. The van der Waals surface area contributed by atoms with Crippen molar-refractivity contribution < 1.29 is 23.8 Å². The van der Waals surface area contributed by atoms with E-state index in [9.17, 15) is 14.7 Å². The van der Waals surface area contributed by atoms with Crippen LogP contribution in [0, 0.1) is 12.8 Å². The minimum absolute atomic E-state index is 0.0382. The lowest BCUT2D eigenvalue weighted by Crippen LogP contribution is -2.37. The van der Waals surface area contributed by atoms with E-state index in [0.717, 1.165) is 66.0 Å². The van der Waals surface area contributed by atoms with Gasteiger partial charge in [0.15, 0.2) is 16.9 Å². The van der Waals surface area contributed by atoms with Crippen LogP contribution in [0.1, 0.15) is 60.0 Å². The van der Waals surface area contributed by atoms with Gasteiger partial charge in [-0.1, -0.05) is 48.2 Å². The Morgan fingerprint density at radius 3 is 2.51 bits per heavy atom. The number of rotatable bonds is 11. The average molecular weight is 600 g/mol. The van der Waals surface area contributed by atoms with E-state index in [4.69, 9.17) is 9.15 Å². The van der Waals surface area contributed by atoms with Crippen LogP contribution in [-0.2, 0) is 16.0 Å². The maximum atomic E-state index is 13.2. The molecule has 6 rings (SSSR count). The second kappa shape index (κ2) is 13.3. The van der Waals surface area contributed by atoms with Crippen molar-refractivity contribution >= 4 is 46.3 Å². The summed E-state index contributed by atoms with van der Waals surface area (Å²) in [5, 5.41) is 12.6. The Bertz CT molecular complexity index is 1570. The number of aromatic nitrogens is 1. The molecule has 1 atom stereocenters. The van der Waals surface area contributed by atoms with Gasteiger partial charge in [0.2, 0.25) is 0 Å². The summed E-state index contributed by atoms with van der Waals surface area (Å²) in [6, 6.07) is 21.8. The van der Waals surface area contributed by atoms with Crippen molar-refractivity contribution in [3.8, 4) is 0 Å². The Hall–Kier alpha value is -3.66. The highest BCUT2D eigenvalue weighted by Gasteiger charge is 2.31. The number of benzene rings is 3. The molecule has 0 spiro atoms. The van der Waals surface area contributed by atoms with Gasteiger partial charge in [-0.2, -0.15) is 4.98 Å². The number of aryl methyl sites for hydroxylation is 1. The van der Waals surface area contributed by atoms with Crippen LogP contribution in [0.2, 0.25) is 0 Å². The highest BCUT2D eigenvalue weighted by Crippen LogP contribution is 2.34. The van der Waals surface area contributed by atoms with Crippen LogP contribution in [0.3, 0.4) is 0 Å². The Balaban J connectivity index is 1.07. The molecular weight excluding hydrogens is 562 g/mol. The van der Waals surface area contributed by atoms with E-state index in [1.165, 1.54) is 0 Å². The number of carboxylic acid groups (broad SMARTS) is 1. The Morgan fingerprint density at radius 2 is 1.79 bits per heavy atom. The molecule has 1 aliphatic carbocycles. The lowest BCUT2D eigenvalue weighted by Gasteiger charge is -2.33. The van der Waals surface area contributed by atoms with Gasteiger partial charge in [0.1, 0.15) is 5.52 Å². The number of fused-ring (bicyclic) bond motifs is 1. The van der Waals surface area contributed by atoms with Gasteiger partial charge >= 0.3 is 5.97 Å². The summed E-state index contributed by atoms with van der Waals surface area (Å²) in [5.74, 6) is -0.910. The van der Waals surface area contributed by atoms with Crippen LogP contribution in [0.4, 0.5) is 11.7 Å². The summed E-state index contributed by atoms with van der Waals surface area (Å²) >= 11 is 1.67. The molecular formula is C34H37N3O5S. The molecule has 2 N–H and O–H groups in total. The molecule has 0 amide bonds.